The lowest BCUT2D eigenvalue weighted by atomic mass is 9.65. The zero-order chi connectivity index (χ0) is 6.22. The molecule has 0 aromatic carbocycles. The summed E-state index contributed by atoms with van der Waals surface area (Å²) < 4.78 is 0. The van der Waals surface area contributed by atoms with Crippen molar-refractivity contribution in [1.82, 2.24) is 0 Å². The fourth-order valence-corrected chi connectivity index (χ4v) is 3.73. The van der Waals surface area contributed by atoms with Crippen LogP contribution in [0.25, 0.3) is 0 Å². The van der Waals surface area contributed by atoms with Gasteiger partial charge in [-0.25, -0.2) is 0 Å². The lowest BCUT2D eigenvalue weighted by Gasteiger charge is -2.40. The maximum absolute atomic E-state index is 2.42. The van der Waals surface area contributed by atoms with E-state index in [4.69, 9.17) is 0 Å². The predicted molar refractivity (Wildman–Crippen MR) is 37.0 cm³/mol. The Bertz CT molecular complexity index is 153. The molecular formula is C9H14. The third kappa shape index (κ3) is 0.320. The highest BCUT2D eigenvalue weighted by molar-refractivity contribution is 5.30. The second-order valence-corrected chi connectivity index (χ2v) is 4.66. The van der Waals surface area contributed by atoms with Gasteiger partial charge in [0.15, 0.2) is 0 Å². The molecule has 0 amide bonds. The normalized spacial score (nSPS) is 75.3. The predicted octanol–water partition coefficient (Wildman–Crippen LogP) is 2.30. The summed E-state index contributed by atoms with van der Waals surface area (Å²) in [7, 11) is 0. The van der Waals surface area contributed by atoms with Crippen molar-refractivity contribution in [1.29, 1.82) is 0 Å². The molecule has 0 radical (unpaired) electrons. The van der Waals surface area contributed by atoms with E-state index in [1.54, 1.807) is 12.8 Å². The summed E-state index contributed by atoms with van der Waals surface area (Å²) in [4.78, 5) is 0. The first-order chi connectivity index (χ1) is 4.26. The molecule has 0 heterocycles. The maximum Gasteiger partial charge on any atom is -0.0225 e. The van der Waals surface area contributed by atoms with Gasteiger partial charge in [-0.15, -0.1) is 0 Å². The van der Waals surface area contributed by atoms with Crippen LogP contribution in [0.15, 0.2) is 0 Å². The van der Waals surface area contributed by atoms with Gasteiger partial charge in [0, 0.05) is 0 Å². The van der Waals surface area contributed by atoms with Crippen molar-refractivity contribution in [3.05, 3.63) is 0 Å². The molecule has 1 spiro atoms. The SMILES string of the molecule is CC1CC2(C1)C1C(C)C12. The van der Waals surface area contributed by atoms with Crippen LogP contribution in [0.2, 0.25) is 0 Å². The largest absolute Gasteiger partial charge is 0.0625 e. The fraction of sp³-hybridized carbons (Fsp3) is 1.00. The van der Waals surface area contributed by atoms with E-state index < -0.39 is 0 Å². The molecule has 0 heteroatoms. The summed E-state index contributed by atoms with van der Waals surface area (Å²) in [6.45, 7) is 4.82. The minimum Gasteiger partial charge on any atom is -0.0625 e. The first-order valence-corrected chi connectivity index (χ1v) is 4.26. The van der Waals surface area contributed by atoms with Crippen molar-refractivity contribution in [2.75, 3.05) is 0 Å². The van der Waals surface area contributed by atoms with E-state index in [9.17, 15) is 0 Å². The average Bonchev–Trinajstić information content (AvgIpc) is 2.52. The average molecular weight is 122 g/mol. The highest BCUT2D eigenvalue weighted by atomic mass is 14.9. The molecular weight excluding hydrogens is 108 g/mol. The van der Waals surface area contributed by atoms with Crippen LogP contribution in [0, 0.1) is 29.1 Å². The quantitative estimate of drug-likeness (QED) is 0.462. The molecule has 0 aromatic heterocycles. The number of rotatable bonds is 0. The summed E-state index contributed by atoms with van der Waals surface area (Å²) in [5.41, 5.74) is 0.971. The Kier molecular flexibility index (Phi) is 0.518. The van der Waals surface area contributed by atoms with Crippen LogP contribution in [0.5, 0.6) is 0 Å². The second-order valence-electron chi connectivity index (χ2n) is 4.66. The van der Waals surface area contributed by atoms with Crippen molar-refractivity contribution in [2.24, 2.45) is 29.1 Å². The van der Waals surface area contributed by atoms with Crippen LogP contribution in [-0.2, 0) is 0 Å². The number of hydrogen-bond acceptors (Lipinski definition) is 0. The van der Waals surface area contributed by atoms with Crippen LogP contribution >= 0.6 is 0 Å². The lowest BCUT2D eigenvalue weighted by Crippen LogP contribution is -2.31. The van der Waals surface area contributed by atoms with Gasteiger partial charge >= 0.3 is 0 Å². The Morgan fingerprint density at radius 1 is 1.11 bits per heavy atom. The van der Waals surface area contributed by atoms with Crippen molar-refractivity contribution in [2.45, 2.75) is 26.7 Å². The molecule has 0 N–H and O–H groups in total. The highest BCUT2D eigenvalue weighted by Gasteiger charge is 2.83. The molecule has 3 saturated carbocycles. The number of fused-ring (bicyclic) bond motifs is 3. The Balaban J connectivity index is 1.74. The summed E-state index contributed by atoms with van der Waals surface area (Å²) in [6, 6.07) is 0. The van der Waals surface area contributed by atoms with Crippen LogP contribution in [0.4, 0.5) is 0 Å². The number of hydrogen-bond donors (Lipinski definition) is 0. The lowest BCUT2D eigenvalue weighted by molar-refractivity contribution is 0.0981. The van der Waals surface area contributed by atoms with Crippen molar-refractivity contribution in [3.63, 3.8) is 0 Å². The van der Waals surface area contributed by atoms with E-state index in [0.717, 1.165) is 17.3 Å². The van der Waals surface area contributed by atoms with E-state index in [2.05, 4.69) is 13.8 Å². The van der Waals surface area contributed by atoms with Crippen LogP contribution in [0.3, 0.4) is 0 Å². The van der Waals surface area contributed by atoms with Gasteiger partial charge in [-0.3, -0.25) is 0 Å². The minimum atomic E-state index is 0.971. The van der Waals surface area contributed by atoms with Gasteiger partial charge < -0.3 is 0 Å². The van der Waals surface area contributed by atoms with Gasteiger partial charge in [0.1, 0.15) is 0 Å². The van der Waals surface area contributed by atoms with Gasteiger partial charge in [-0.2, -0.15) is 0 Å². The van der Waals surface area contributed by atoms with E-state index in [-0.39, 0.29) is 0 Å². The van der Waals surface area contributed by atoms with Gasteiger partial charge in [-0.05, 0) is 41.9 Å². The van der Waals surface area contributed by atoms with Crippen molar-refractivity contribution in [3.8, 4) is 0 Å². The third-order valence-corrected chi connectivity index (χ3v) is 4.05. The maximum atomic E-state index is 2.42. The molecule has 3 aliphatic carbocycles. The van der Waals surface area contributed by atoms with Gasteiger partial charge in [-0.1, -0.05) is 13.8 Å². The zero-order valence-electron chi connectivity index (χ0n) is 6.22. The van der Waals surface area contributed by atoms with Crippen LogP contribution < -0.4 is 0 Å². The molecule has 9 heavy (non-hydrogen) atoms. The zero-order valence-corrected chi connectivity index (χ0v) is 6.22. The molecule has 0 aliphatic heterocycles. The topological polar surface area (TPSA) is 0 Å². The minimum absolute atomic E-state index is 0.971. The molecule has 0 aromatic rings. The second kappa shape index (κ2) is 0.980. The van der Waals surface area contributed by atoms with Gasteiger partial charge in [0.2, 0.25) is 0 Å². The van der Waals surface area contributed by atoms with Gasteiger partial charge in [0.05, 0.1) is 0 Å². The smallest absolute Gasteiger partial charge is 0.0225 e. The molecule has 3 fully saturated rings. The van der Waals surface area contributed by atoms with Crippen LogP contribution in [0.1, 0.15) is 26.7 Å². The molecule has 3 rings (SSSR count). The van der Waals surface area contributed by atoms with Crippen LogP contribution in [-0.4, -0.2) is 0 Å². The Labute approximate surface area is 56.6 Å². The van der Waals surface area contributed by atoms with Crippen molar-refractivity contribution >= 4 is 0 Å². The summed E-state index contributed by atoms with van der Waals surface area (Å²) in [5, 5.41) is 0. The van der Waals surface area contributed by atoms with E-state index in [0.29, 0.717) is 0 Å². The van der Waals surface area contributed by atoms with Crippen molar-refractivity contribution < 1.29 is 0 Å². The molecule has 3 aliphatic rings. The Morgan fingerprint density at radius 3 is 2.00 bits per heavy atom. The van der Waals surface area contributed by atoms with E-state index in [1.165, 1.54) is 11.8 Å². The first kappa shape index (κ1) is 4.76. The third-order valence-electron chi connectivity index (χ3n) is 4.05. The fourth-order valence-electron chi connectivity index (χ4n) is 3.73. The monoisotopic (exact) mass is 122 g/mol. The van der Waals surface area contributed by atoms with Gasteiger partial charge in [0.25, 0.3) is 0 Å². The molecule has 2 atom stereocenters. The van der Waals surface area contributed by atoms with E-state index in [1.807, 2.05) is 0 Å². The molecule has 2 unspecified atom stereocenters. The molecule has 0 nitrogen and oxygen atoms in total. The summed E-state index contributed by atoms with van der Waals surface area (Å²) in [5.74, 6) is 4.64. The van der Waals surface area contributed by atoms with E-state index >= 15 is 0 Å². The summed E-state index contributed by atoms with van der Waals surface area (Å²) in [6.07, 6.45) is 3.15. The Morgan fingerprint density at radius 2 is 1.67 bits per heavy atom. The first-order valence-electron chi connectivity index (χ1n) is 4.26. The molecule has 0 saturated heterocycles. The Hall–Kier alpha value is 0. The molecule has 50 valence electrons. The molecule has 0 bridgehead atoms. The highest BCUT2D eigenvalue weighted by Crippen LogP contribution is 2.88. The standard InChI is InChI=1S/C9H14/c1-5-3-9(4-5)7-6(2)8(7)9/h5-8H,3-4H2,1-2H3. The summed E-state index contributed by atoms with van der Waals surface area (Å²) >= 11 is 0.